The highest BCUT2D eigenvalue weighted by Gasteiger charge is 2.12. The summed E-state index contributed by atoms with van der Waals surface area (Å²) < 4.78 is 15.7. The molecule has 0 aliphatic rings. The molecule has 0 heterocycles. The van der Waals surface area contributed by atoms with E-state index in [0.29, 0.717) is 31.1 Å². The van der Waals surface area contributed by atoms with E-state index in [1.54, 1.807) is 20.1 Å². The van der Waals surface area contributed by atoms with Gasteiger partial charge < -0.3 is 24.6 Å². The second-order valence-corrected chi connectivity index (χ2v) is 5.71. The number of carbonyl (C=O) groups is 2. The zero-order chi connectivity index (χ0) is 19.6. The molecular formula is C20H23NO6. The maximum atomic E-state index is 12.4. The minimum atomic E-state index is -1.09. The van der Waals surface area contributed by atoms with E-state index in [0.717, 1.165) is 11.1 Å². The number of carboxylic acid groups (broad SMARTS) is 1. The molecule has 0 saturated carbocycles. The van der Waals surface area contributed by atoms with Gasteiger partial charge in [0.05, 0.1) is 13.2 Å². The summed E-state index contributed by atoms with van der Waals surface area (Å²) in [6.07, 6.45) is 0. The van der Waals surface area contributed by atoms with Crippen molar-refractivity contribution in [3.63, 3.8) is 0 Å². The standard InChI is InChI=1S/C20H23NO6/c1-3-26-18-10-16(8-9-17(18)27-13-19(22)23)20(24)21-11-14-4-6-15(7-5-14)12-25-2/h4-10H,3,11-13H2,1-2H3,(H,21,24)(H,22,23). The Balaban J connectivity index is 2.02. The number of hydrogen-bond donors (Lipinski definition) is 2. The molecule has 0 saturated heterocycles. The Bertz CT molecular complexity index is 773. The molecule has 0 aromatic heterocycles. The first-order chi connectivity index (χ1) is 13.0. The molecule has 7 nitrogen and oxygen atoms in total. The van der Waals surface area contributed by atoms with Crippen molar-refractivity contribution in [2.75, 3.05) is 20.3 Å². The van der Waals surface area contributed by atoms with Gasteiger partial charge in [-0.3, -0.25) is 4.79 Å². The SMILES string of the molecule is CCOc1cc(C(=O)NCc2ccc(COC)cc2)ccc1OCC(=O)O. The highest BCUT2D eigenvalue weighted by Crippen LogP contribution is 2.28. The Morgan fingerprint density at radius 3 is 2.33 bits per heavy atom. The fourth-order valence-electron chi connectivity index (χ4n) is 2.38. The summed E-state index contributed by atoms with van der Waals surface area (Å²) >= 11 is 0. The fourth-order valence-corrected chi connectivity index (χ4v) is 2.38. The molecule has 2 rings (SSSR count). The normalized spacial score (nSPS) is 10.3. The fraction of sp³-hybridized carbons (Fsp3) is 0.300. The number of ether oxygens (including phenoxy) is 3. The van der Waals surface area contributed by atoms with Crippen molar-refractivity contribution in [1.29, 1.82) is 0 Å². The van der Waals surface area contributed by atoms with E-state index < -0.39 is 12.6 Å². The van der Waals surface area contributed by atoms with E-state index >= 15 is 0 Å². The second kappa shape index (κ2) is 10.2. The van der Waals surface area contributed by atoms with Crippen LogP contribution in [-0.4, -0.2) is 37.3 Å². The average Bonchev–Trinajstić information content (AvgIpc) is 2.66. The number of carboxylic acids is 1. The zero-order valence-corrected chi connectivity index (χ0v) is 15.4. The summed E-state index contributed by atoms with van der Waals surface area (Å²) in [6.45, 7) is 2.60. The van der Waals surface area contributed by atoms with Gasteiger partial charge in [0, 0.05) is 19.2 Å². The first-order valence-corrected chi connectivity index (χ1v) is 8.50. The number of hydrogen-bond acceptors (Lipinski definition) is 5. The molecule has 0 spiro atoms. The van der Waals surface area contributed by atoms with E-state index in [1.807, 2.05) is 24.3 Å². The Hall–Kier alpha value is -3.06. The molecule has 7 heteroatoms. The molecular weight excluding hydrogens is 350 g/mol. The van der Waals surface area contributed by atoms with Crippen LogP contribution in [-0.2, 0) is 22.7 Å². The first-order valence-electron chi connectivity index (χ1n) is 8.50. The minimum Gasteiger partial charge on any atom is -0.490 e. The lowest BCUT2D eigenvalue weighted by molar-refractivity contribution is -0.139. The van der Waals surface area contributed by atoms with Crippen molar-refractivity contribution in [1.82, 2.24) is 5.32 Å². The predicted octanol–water partition coefficient (Wildman–Crippen LogP) is 2.63. The van der Waals surface area contributed by atoms with Crippen LogP contribution in [0.5, 0.6) is 11.5 Å². The molecule has 0 fully saturated rings. The Kier molecular flexibility index (Phi) is 7.63. The van der Waals surface area contributed by atoms with E-state index in [-0.39, 0.29) is 11.7 Å². The van der Waals surface area contributed by atoms with Gasteiger partial charge in [0.25, 0.3) is 5.91 Å². The number of nitrogens with one attached hydrogen (secondary N) is 1. The van der Waals surface area contributed by atoms with Gasteiger partial charge in [0.1, 0.15) is 0 Å². The molecule has 144 valence electrons. The van der Waals surface area contributed by atoms with Gasteiger partial charge in [-0.25, -0.2) is 4.79 Å². The average molecular weight is 373 g/mol. The summed E-state index contributed by atoms with van der Waals surface area (Å²) in [5.74, 6) is -0.739. The lowest BCUT2D eigenvalue weighted by Gasteiger charge is -2.12. The molecule has 27 heavy (non-hydrogen) atoms. The van der Waals surface area contributed by atoms with Crippen LogP contribution in [0.4, 0.5) is 0 Å². The Morgan fingerprint density at radius 2 is 1.70 bits per heavy atom. The van der Waals surface area contributed by atoms with Crippen molar-refractivity contribution in [3.05, 3.63) is 59.2 Å². The Morgan fingerprint density at radius 1 is 1.00 bits per heavy atom. The molecule has 0 bridgehead atoms. The molecule has 2 N–H and O–H groups in total. The van der Waals surface area contributed by atoms with Crippen molar-refractivity contribution in [3.8, 4) is 11.5 Å². The monoisotopic (exact) mass is 373 g/mol. The number of carbonyl (C=O) groups excluding carboxylic acids is 1. The van der Waals surface area contributed by atoms with Crippen LogP contribution in [0.2, 0.25) is 0 Å². The van der Waals surface area contributed by atoms with E-state index in [9.17, 15) is 9.59 Å². The van der Waals surface area contributed by atoms with Crippen LogP contribution in [0.1, 0.15) is 28.4 Å². The summed E-state index contributed by atoms with van der Waals surface area (Å²) in [7, 11) is 1.64. The van der Waals surface area contributed by atoms with Crippen molar-refractivity contribution >= 4 is 11.9 Å². The lowest BCUT2D eigenvalue weighted by Crippen LogP contribution is -2.23. The van der Waals surface area contributed by atoms with Crippen LogP contribution in [0.3, 0.4) is 0 Å². The topological polar surface area (TPSA) is 94.1 Å². The Labute approximate surface area is 157 Å². The maximum Gasteiger partial charge on any atom is 0.341 e. The van der Waals surface area contributed by atoms with Gasteiger partial charge in [-0.05, 0) is 36.2 Å². The van der Waals surface area contributed by atoms with Gasteiger partial charge in [0.2, 0.25) is 0 Å². The molecule has 0 radical (unpaired) electrons. The van der Waals surface area contributed by atoms with Gasteiger partial charge >= 0.3 is 5.97 Å². The van der Waals surface area contributed by atoms with Crippen molar-refractivity contribution < 1.29 is 28.9 Å². The van der Waals surface area contributed by atoms with Gasteiger partial charge in [-0.2, -0.15) is 0 Å². The van der Waals surface area contributed by atoms with Gasteiger partial charge in [0.15, 0.2) is 18.1 Å². The maximum absolute atomic E-state index is 12.4. The third kappa shape index (κ3) is 6.31. The zero-order valence-electron chi connectivity index (χ0n) is 15.4. The lowest BCUT2D eigenvalue weighted by atomic mass is 10.1. The predicted molar refractivity (Wildman–Crippen MR) is 99.1 cm³/mol. The summed E-state index contributed by atoms with van der Waals surface area (Å²) in [5.41, 5.74) is 2.43. The number of aliphatic carboxylic acids is 1. The summed E-state index contributed by atoms with van der Waals surface area (Å²) in [5, 5.41) is 11.6. The van der Waals surface area contributed by atoms with E-state index in [1.165, 1.54) is 12.1 Å². The minimum absolute atomic E-state index is 0.262. The smallest absolute Gasteiger partial charge is 0.341 e. The van der Waals surface area contributed by atoms with E-state index in [2.05, 4.69) is 5.32 Å². The third-order valence-corrected chi connectivity index (χ3v) is 3.64. The summed E-state index contributed by atoms with van der Waals surface area (Å²) in [6, 6.07) is 12.4. The molecule has 0 atom stereocenters. The molecule has 0 aliphatic carbocycles. The van der Waals surface area contributed by atoms with Gasteiger partial charge in [-0.1, -0.05) is 24.3 Å². The van der Waals surface area contributed by atoms with Crippen LogP contribution in [0.15, 0.2) is 42.5 Å². The number of rotatable bonds is 10. The number of methoxy groups -OCH3 is 1. The molecule has 2 aromatic rings. The first kappa shape index (κ1) is 20.3. The quantitative estimate of drug-likeness (QED) is 0.665. The van der Waals surface area contributed by atoms with Crippen molar-refractivity contribution in [2.24, 2.45) is 0 Å². The molecule has 1 amide bonds. The summed E-state index contributed by atoms with van der Waals surface area (Å²) in [4.78, 5) is 23.1. The van der Waals surface area contributed by atoms with E-state index in [4.69, 9.17) is 19.3 Å². The molecule has 2 aromatic carbocycles. The third-order valence-electron chi connectivity index (χ3n) is 3.64. The largest absolute Gasteiger partial charge is 0.490 e. The highest BCUT2D eigenvalue weighted by atomic mass is 16.5. The van der Waals surface area contributed by atoms with Crippen LogP contribution < -0.4 is 14.8 Å². The number of amides is 1. The van der Waals surface area contributed by atoms with Crippen LogP contribution in [0.25, 0.3) is 0 Å². The molecule has 0 unspecified atom stereocenters. The van der Waals surface area contributed by atoms with Crippen LogP contribution in [0, 0.1) is 0 Å². The second-order valence-electron chi connectivity index (χ2n) is 5.71. The van der Waals surface area contributed by atoms with Gasteiger partial charge in [-0.15, -0.1) is 0 Å². The highest BCUT2D eigenvalue weighted by molar-refractivity contribution is 5.94. The van der Waals surface area contributed by atoms with Crippen LogP contribution >= 0.6 is 0 Å². The van der Waals surface area contributed by atoms with Crippen molar-refractivity contribution in [2.45, 2.75) is 20.1 Å². The molecule has 0 aliphatic heterocycles. The number of benzene rings is 2.